The lowest BCUT2D eigenvalue weighted by Crippen LogP contribution is -2.02. The SMILES string of the molecule is COC(=O)c1ccc(CS(C)=O)c(Br)c1. The number of methoxy groups -OCH3 is 1. The van der Waals surface area contributed by atoms with Crippen molar-refractivity contribution in [1.29, 1.82) is 0 Å². The van der Waals surface area contributed by atoms with Gasteiger partial charge in [-0.15, -0.1) is 0 Å². The molecule has 0 amide bonds. The number of halogens is 1. The number of ether oxygens (including phenoxy) is 1. The summed E-state index contributed by atoms with van der Waals surface area (Å²) >= 11 is 3.33. The first-order valence-electron chi connectivity index (χ1n) is 4.21. The Labute approximate surface area is 99.4 Å². The van der Waals surface area contributed by atoms with Gasteiger partial charge in [0.1, 0.15) is 0 Å². The minimum absolute atomic E-state index is 0.375. The molecular weight excluding hydrogens is 280 g/mol. The zero-order valence-corrected chi connectivity index (χ0v) is 10.9. The van der Waals surface area contributed by atoms with Gasteiger partial charge < -0.3 is 4.74 Å². The first-order valence-corrected chi connectivity index (χ1v) is 6.73. The molecule has 0 fully saturated rings. The zero-order chi connectivity index (χ0) is 11.4. The summed E-state index contributed by atoms with van der Waals surface area (Å²) in [6.45, 7) is 0. The van der Waals surface area contributed by atoms with Gasteiger partial charge >= 0.3 is 5.97 Å². The van der Waals surface area contributed by atoms with Gasteiger partial charge in [-0.05, 0) is 17.7 Å². The lowest BCUT2D eigenvalue weighted by atomic mass is 10.1. The van der Waals surface area contributed by atoms with Crippen molar-refractivity contribution >= 4 is 32.7 Å². The minimum atomic E-state index is -0.892. The van der Waals surface area contributed by atoms with Crippen LogP contribution in [0.15, 0.2) is 22.7 Å². The highest BCUT2D eigenvalue weighted by Gasteiger charge is 2.08. The Hall–Kier alpha value is -0.680. The zero-order valence-electron chi connectivity index (χ0n) is 8.45. The molecule has 1 aromatic rings. The number of benzene rings is 1. The molecule has 0 heterocycles. The molecule has 0 radical (unpaired) electrons. The number of esters is 1. The van der Waals surface area contributed by atoms with Crippen LogP contribution in [-0.2, 0) is 21.3 Å². The van der Waals surface area contributed by atoms with Gasteiger partial charge in [-0.25, -0.2) is 4.79 Å². The molecule has 0 saturated carbocycles. The molecule has 0 aromatic heterocycles. The summed E-state index contributed by atoms with van der Waals surface area (Å²) in [6, 6.07) is 5.12. The predicted octanol–water partition coefficient (Wildman–Crippen LogP) is 2.11. The number of hydrogen-bond donors (Lipinski definition) is 0. The Morgan fingerprint density at radius 2 is 2.20 bits per heavy atom. The van der Waals surface area contributed by atoms with Crippen molar-refractivity contribution in [1.82, 2.24) is 0 Å². The molecule has 82 valence electrons. The molecule has 0 aliphatic heterocycles. The molecule has 1 rings (SSSR count). The van der Waals surface area contributed by atoms with E-state index in [2.05, 4.69) is 20.7 Å². The lowest BCUT2D eigenvalue weighted by Gasteiger charge is -2.04. The fraction of sp³-hybridized carbons (Fsp3) is 0.300. The Bertz CT molecular complexity index is 404. The number of carbonyl (C=O) groups is 1. The third kappa shape index (κ3) is 3.43. The van der Waals surface area contributed by atoms with E-state index in [-0.39, 0.29) is 5.97 Å². The van der Waals surface area contributed by atoms with Crippen molar-refractivity contribution < 1.29 is 13.7 Å². The Morgan fingerprint density at radius 1 is 1.53 bits per heavy atom. The van der Waals surface area contributed by atoms with Crippen LogP contribution in [0.3, 0.4) is 0 Å². The van der Waals surface area contributed by atoms with Crippen LogP contribution in [0.5, 0.6) is 0 Å². The van der Waals surface area contributed by atoms with E-state index in [0.29, 0.717) is 11.3 Å². The van der Waals surface area contributed by atoms with Crippen molar-refractivity contribution in [3.8, 4) is 0 Å². The van der Waals surface area contributed by atoms with E-state index in [1.165, 1.54) is 7.11 Å². The first kappa shape index (κ1) is 12.4. The number of rotatable bonds is 3. The molecule has 0 spiro atoms. The monoisotopic (exact) mass is 290 g/mol. The van der Waals surface area contributed by atoms with Crippen molar-refractivity contribution in [3.05, 3.63) is 33.8 Å². The van der Waals surface area contributed by atoms with E-state index in [1.807, 2.05) is 0 Å². The van der Waals surface area contributed by atoms with Crippen molar-refractivity contribution in [2.75, 3.05) is 13.4 Å². The lowest BCUT2D eigenvalue weighted by molar-refractivity contribution is 0.0600. The first-order chi connectivity index (χ1) is 7.04. The van der Waals surface area contributed by atoms with Crippen LogP contribution in [0, 0.1) is 0 Å². The summed E-state index contributed by atoms with van der Waals surface area (Å²) in [4.78, 5) is 11.2. The smallest absolute Gasteiger partial charge is 0.337 e. The van der Waals surface area contributed by atoms with Crippen LogP contribution in [0.2, 0.25) is 0 Å². The molecule has 1 aromatic carbocycles. The average Bonchev–Trinajstić information content (AvgIpc) is 2.19. The van der Waals surface area contributed by atoms with Gasteiger partial charge in [0, 0.05) is 27.3 Å². The molecule has 3 nitrogen and oxygen atoms in total. The standard InChI is InChI=1S/C10H11BrO3S/c1-14-10(12)7-3-4-8(6-15(2)13)9(11)5-7/h3-5H,6H2,1-2H3. The van der Waals surface area contributed by atoms with Gasteiger partial charge in [0.25, 0.3) is 0 Å². The highest BCUT2D eigenvalue weighted by atomic mass is 79.9. The number of hydrogen-bond acceptors (Lipinski definition) is 3. The summed E-state index contributed by atoms with van der Waals surface area (Å²) in [5.41, 5.74) is 1.40. The number of carbonyl (C=O) groups excluding carboxylic acids is 1. The fourth-order valence-electron chi connectivity index (χ4n) is 1.13. The Morgan fingerprint density at radius 3 is 2.67 bits per heavy atom. The van der Waals surface area contributed by atoms with Gasteiger partial charge in [-0.2, -0.15) is 0 Å². The molecule has 0 aliphatic carbocycles. The van der Waals surface area contributed by atoms with Crippen molar-refractivity contribution in [3.63, 3.8) is 0 Å². The molecule has 0 bridgehead atoms. The molecule has 0 aliphatic rings. The van der Waals surface area contributed by atoms with Crippen LogP contribution in [0.1, 0.15) is 15.9 Å². The highest BCUT2D eigenvalue weighted by molar-refractivity contribution is 9.10. The Kier molecular flexibility index (Phi) is 4.47. The fourth-order valence-corrected chi connectivity index (χ4v) is 2.52. The molecule has 1 unspecified atom stereocenters. The maximum absolute atomic E-state index is 11.2. The van der Waals surface area contributed by atoms with E-state index in [0.717, 1.165) is 10.0 Å². The van der Waals surface area contributed by atoms with E-state index >= 15 is 0 Å². The summed E-state index contributed by atoms with van der Waals surface area (Å²) in [7, 11) is 0.446. The summed E-state index contributed by atoms with van der Waals surface area (Å²) in [5, 5.41) is 0. The summed E-state index contributed by atoms with van der Waals surface area (Å²) < 4.78 is 16.4. The molecule has 0 saturated heterocycles. The average molecular weight is 291 g/mol. The van der Waals surface area contributed by atoms with E-state index in [1.54, 1.807) is 24.5 Å². The molecule has 0 N–H and O–H groups in total. The molecular formula is C10H11BrO3S. The van der Waals surface area contributed by atoms with Crippen molar-refractivity contribution in [2.45, 2.75) is 5.75 Å². The largest absolute Gasteiger partial charge is 0.465 e. The second-order valence-electron chi connectivity index (χ2n) is 3.02. The van der Waals surface area contributed by atoms with Crippen LogP contribution in [-0.4, -0.2) is 23.5 Å². The van der Waals surface area contributed by atoms with Crippen LogP contribution in [0.25, 0.3) is 0 Å². The minimum Gasteiger partial charge on any atom is -0.465 e. The third-order valence-electron chi connectivity index (χ3n) is 1.83. The van der Waals surface area contributed by atoms with Gasteiger partial charge in [0.15, 0.2) is 0 Å². The van der Waals surface area contributed by atoms with E-state index < -0.39 is 10.8 Å². The molecule has 15 heavy (non-hydrogen) atoms. The topological polar surface area (TPSA) is 43.4 Å². The Balaban J connectivity index is 2.97. The normalized spacial score (nSPS) is 12.2. The molecule has 5 heteroatoms. The van der Waals surface area contributed by atoms with Crippen molar-refractivity contribution in [2.24, 2.45) is 0 Å². The summed E-state index contributed by atoms with van der Waals surface area (Å²) in [5.74, 6) is 0.0991. The summed E-state index contributed by atoms with van der Waals surface area (Å²) in [6.07, 6.45) is 1.64. The van der Waals surface area contributed by atoms with Crippen LogP contribution in [0.4, 0.5) is 0 Å². The van der Waals surface area contributed by atoms with Gasteiger partial charge in [-0.3, -0.25) is 4.21 Å². The van der Waals surface area contributed by atoms with E-state index in [9.17, 15) is 9.00 Å². The van der Waals surface area contributed by atoms with Crippen LogP contribution >= 0.6 is 15.9 Å². The van der Waals surface area contributed by atoms with Gasteiger partial charge in [0.2, 0.25) is 0 Å². The van der Waals surface area contributed by atoms with E-state index in [4.69, 9.17) is 0 Å². The maximum Gasteiger partial charge on any atom is 0.337 e. The van der Waals surface area contributed by atoms with Crippen LogP contribution < -0.4 is 0 Å². The second-order valence-corrected chi connectivity index (χ2v) is 5.30. The maximum atomic E-state index is 11.2. The second kappa shape index (κ2) is 5.42. The molecule has 1 atom stereocenters. The van der Waals surface area contributed by atoms with Gasteiger partial charge in [0.05, 0.1) is 12.7 Å². The quantitative estimate of drug-likeness (QED) is 0.801. The van der Waals surface area contributed by atoms with Gasteiger partial charge in [-0.1, -0.05) is 22.0 Å². The third-order valence-corrected chi connectivity index (χ3v) is 3.29. The predicted molar refractivity (Wildman–Crippen MR) is 63.3 cm³/mol. The highest BCUT2D eigenvalue weighted by Crippen LogP contribution is 2.20.